The molecule has 6 aromatic carbocycles. The van der Waals surface area contributed by atoms with E-state index in [0.717, 1.165) is 22.8 Å². The molecule has 1 atom stereocenters. The normalized spacial score (nSPS) is 16.5. The first-order valence-electron chi connectivity index (χ1n) is 16.5. The molecule has 0 N–H and O–H groups in total. The van der Waals surface area contributed by atoms with Gasteiger partial charge in [0.05, 0.1) is 22.0 Å². The van der Waals surface area contributed by atoms with Crippen molar-refractivity contribution in [1.29, 1.82) is 0 Å². The number of anilines is 1. The van der Waals surface area contributed by atoms with Crippen molar-refractivity contribution in [3.8, 4) is 21.6 Å². The number of benzene rings is 6. The summed E-state index contributed by atoms with van der Waals surface area (Å²) in [4.78, 5) is 7.68. The summed E-state index contributed by atoms with van der Waals surface area (Å²) >= 11 is 3.61. The third kappa shape index (κ3) is 4.17. The van der Waals surface area contributed by atoms with Crippen LogP contribution in [-0.2, 0) is 5.41 Å². The average Bonchev–Trinajstić information content (AvgIpc) is 3.91. The molecule has 8 aromatic rings. The van der Waals surface area contributed by atoms with Crippen molar-refractivity contribution >= 4 is 65.3 Å². The zero-order valence-electron chi connectivity index (χ0n) is 26.6. The highest BCUT2D eigenvalue weighted by Crippen LogP contribution is 2.50. The number of thiazole rings is 1. The zero-order chi connectivity index (χ0) is 32.0. The van der Waals surface area contributed by atoms with Crippen molar-refractivity contribution in [2.45, 2.75) is 31.7 Å². The molecule has 10 rings (SSSR count). The molecule has 0 saturated carbocycles. The highest BCUT2D eigenvalue weighted by molar-refractivity contribution is 7.22. The summed E-state index contributed by atoms with van der Waals surface area (Å²) in [5.41, 5.74) is 10.0. The fourth-order valence-electron chi connectivity index (χ4n) is 7.89. The Hall–Kier alpha value is -5.10. The van der Waals surface area contributed by atoms with Crippen LogP contribution in [0, 0.1) is 0 Å². The summed E-state index contributed by atoms with van der Waals surface area (Å²) in [7, 11) is 0. The van der Waals surface area contributed by atoms with Crippen molar-refractivity contribution < 1.29 is 0 Å². The number of hydrogen-bond donors (Lipinski definition) is 0. The molecule has 1 aliphatic heterocycles. The number of hydrogen-bond acceptors (Lipinski definition) is 5. The predicted octanol–water partition coefficient (Wildman–Crippen LogP) is 12.0. The minimum atomic E-state index is -0.0172. The van der Waals surface area contributed by atoms with Crippen LogP contribution in [0.15, 0.2) is 139 Å². The third-order valence-electron chi connectivity index (χ3n) is 10.3. The van der Waals surface area contributed by atoms with Gasteiger partial charge in [0.15, 0.2) is 0 Å². The lowest BCUT2D eigenvalue weighted by Gasteiger charge is -2.21. The fraction of sp³-hybridized carbons (Fsp3) is 0.116. The topological polar surface area (TPSA) is 28.5 Å². The molecular formula is C43H31N3S2. The van der Waals surface area contributed by atoms with E-state index in [9.17, 15) is 0 Å². The Morgan fingerprint density at radius 2 is 1.38 bits per heavy atom. The molecule has 0 amide bonds. The van der Waals surface area contributed by atoms with E-state index in [1.165, 1.54) is 69.4 Å². The van der Waals surface area contributed by atoms with E-state index in [0.29, 0.717) is 0 Å². The third-order valence-corrected chi connectivity index (χ3v) is 12.5. The Morgan fingerprint density at radius 1 is 0.667 bits per heavy atom. The monoisotopic (exact) mass is 653 g/mol. The van der Waals surface area contributed by atoms with Gasteiger partial charge in [-0.3, -0.25) is 0 Å². The minimum Gasteiger partial charge on any atom is -0.230 e. The smallest absolute Gasteiger partial charge is 0.207 e. The Morgan fingerprint density at radius 3 is 2.19 bits per heavy atom. The molecule has 0 fully saturated rings. The van der Waals surface area contributed by atoms with Gasteiger partial charge in [0, 0.05) is 27.2 Å². The van der Waals surface area contributed by atoms with Gasteiger partial charge in [0.1, 0.15) is 0 Å². The first kappa shape index (κ1) is 28.0. The molecule has 1 aliphatic carbocycles. The summed E-state index contributed by atoms with van der Waals surface area (Å²) in [6.45, 7) is 4.67. The van der Waals surface area contributed by atoms with Gasteiger partial charge >= 0.3 is 0 Å². The van der Waals surface area contributed by atoms with Crippen LogP contribution in [0.2, 0.25) is 0 Å². The number of thiophene rings is 1. The number of rotatable bonds is 4. The Balaban J connectivity index is 1.10. The average molecular weight is 654 g/mol. The summed E-state index contributed by atoms with van der Waals surface area (Å²) in [6.07, 6.45) is 0.815. The first-order valence-corrected chi connectivity index (χ1v) is 18.1. The van der Waals surface area contributed by atoms with Crippen LogP contribution in [0.3, 0.4) is 0 Å². The summed E-state index contributed by atoms with van der Waals surface area (Å²) < 4.78 is 1.18. The van der Waals surface area contributed by atoms with Gasteiger partial charge in [-0.15, -0.1) is 11.3 Å². The van der Waals surface area contributed by atoms with Crippen molar-refractivity contribution in [2.24, 2.45) is 5.10 Å². The maximum Gasteiger partial charge on any atom is 0.207 e. The maximum absolute atomic E-state index is 5.39. The van der Waals surface area contributed by atoms with Crippen molar-refractivity contribution in [3.05, 3.63) is 155 Å². The SMILES string of the molecule is CC1(C)c2ccccc2-c2cc(C3=NN(c4nc5ccccc5s4)C(c4ccc(-c5c6ccccc6cc6ccccc56)s4)C3)ccc21. The molecule has 0 saturated heterocycles. The van der Waals surface area contributed by atoms with Crippen molar-refractivity contribution in [3.63, 3.8) is 0 Å². The molecule has 0 spiro atoms. The number of aromatic nitrogens is 1. The molecule has 3 heterocycles. The molecule has 5 heteroatoms. The first-order chi connectivity index (χ1) is 23.5. The van der Waals surface area contributed by atoms with Crippen LogP contribution in [0.4, 0.5) is 5.13 Å². The van der Waals surface area contributed by atoms with Crippen LogP contribution in [0.25, 0.3) is 53.3 Å². The summed E-state index contributed by atoms with van der Waals surface area (Å²) in [5.74, 6) is 0. The standard InChI is InChI=1S/C43H31N3S2/c1-43(2)33-16-8-7-15-31(33)32-24-28(19-20-34(32)43)36-25-37(46(45-36)42-44-35-17-9-10-18-38(35)48-42)39-21-22-40(47-39)41-29-13-5-3-11-26(29)23-27-12-4-6-14-30(27)41/h3-24,37H,25H2,1-2H3. The quantitative estimate of drug-likeness (QED) is 0.177. The summed E-state index contributed by atoms with van der Waals surface area (Å²) in [6, 6.07) is 48.8. The molecule has 1 unspecified atom stereocenters. The number of hydrazone groups is 1. The molecule has 230 valence electrons. The summed E-state index contributed by atoms with van der Waals surface area (Å²) in [5, 5.41) is 13.6. The lowest BCUT2D eigenvalue weighted by atomic mass is 9.82. The molecule has 2 aliphatic rings. The van der Waals surface area contributed by atoms with Gasteiger partial charge in [-0.25, -0.2) is 9.99 Å². The van der Waals surface area contributed by atoms with Crippen LogP contribution in [0.1, 0.15) is 47.9 Å². The van der Waals surface area contributed by atoms with E-state index < -0.39 is 0 Å². The van der Waals surface area contributed by atoms with E-state index in [1.54, 1.807) is 11.3 Å². The van der Waals surface area contributed by atoms with Gasteiger partial charge < -0.3 is 0 Å². The molecule has 3 nitrogen and oxygen atoms in total. The van der Waals surface area contributed by atoms with E-state index in [-0.39, 0.29) is 11.5 Å². The number of fused-ring (bicyclic) bond motifs is 6. The number of para-hydroxylation sites is 1. The second-order valence-electron chi connectivity index (χ2n) is 13.4. The van der Waals surface area contributed by atoms with Crippen molar-refractivity contribution in [1.82, 2.24) is 4.98 Å². The highest BCUT2D eigenvalue weighted by atomic mass is 32.1. The van der Waals surface area contributed by atoms with Gasteiger partial charge in [0.25, 0.3) is 0 Å². The van der Waals surface area contributed by atoms with Crippen molar-refractivity contribution in [2.75, 3.05) is 5.01 Å². The minimum absolute atomic E-state index is 0.0172. The maximum atomic E-state index is 5.39. The van der Waals surface area contributed by atoms with Crippen LogP contribution >= 0.6 is 22.7 Å². The fourth-order valence-corrected chi connectivity index (χ4v) is 10.0. The lowest BCUT2D eigenvalue weighted by Crippen LogP contribution is -2.17. The Kier molecular flexibility index (Phi) is 6.09. The molecule has 48 heavy (non-hydrogen) atoms. The lowest BCUT2D eigenvalue weighted by molar-refractivity contribution is 0.660. The second-order valence-corrected chi connectivity index (χ2v) is 15.5. The van der Waals surface area contributed by atoms with Gasteiger partial charge in [-0.2, -0.15) is 5.10 Å². The van der Waals surface area contributed by atoms with E-state index in [1.807, 2.05) is 11.3 Å². The molecular weight excluding hydrogens is 623 g/mol. The van der Waals surface area contributed by atoms with E-state index >= 15 is 0 Å². The number of nitrogens with zero attached hydrogens (tertiary/aromatic N) is 3. The van der Waals surface area contributed by atoms with Crippen LogP contribution in [-0.4, -0.2) is 10.7 Å². The van der Waals surface area contributed by atoms with Gasteiger partial charge in [-0.1, -0.05) is 122 Å². The molecule has 2 aromatic heterocycles. The molecule has 0 radical (unpaired) electrons. The molecule has 0 bridgehead atoms. The van der Waals surface area contributed by atoms with Gasteiger partial charge in [-0.05, 0) is 85.8 Å². The van der Waals surface area contributed by atoms with E-state index in [4.69, 9.17) is 10.1 Å². The second kappa shape index (κ2) is 10.4. The predicted molar refractivity (Wildman–Crippen MR) is 205 cm³/mol. The Labute approximate surface area is 287 Å². The zero-order valence-corrected chi connectivity index (χ0v) is 28.3. The van der Waals surface area contributed by atoms with Gasteiger partial charge in [0.2, 0.25) is 5.13 Å². The van der Waals surface area contributed by atoms with Crippen LogP contribution < -0.4 is 5.01 Å². The van der Waals surface area contributed by atoms with E-state index in [2.05, 4.69) is 152 Å². The Bertz CT molecular complexity index is 2520. The largest absolute Gasteiger partial charge is 0.230 e. The highest BCUT2D eigenvalue weighted by Gasteiger charge is 2.37. The van der Waals surface area contributed by atoms with Crippen LogP contribution in [0.5, 0.6) is 0 Å².